The monoisotopic (exact) mass is 311 g/mol. The fourth-order valence-electron chi connectivity index (χ4n) is 3.42. The van der Waals surface area contributed by atoms with E-state index in [0.29, 0.717) is 12.0 Å². The van der Waals surface area contributed by atoms with E-state index in [4.69, 9.17) is 4.74 Å². The molecule has 128 valence electrons. The maximum atomic E-state index is 12.3. The van der Waals surface area contributed by atoms with Gasteiger partial charge < -0.3 is 19.9 Å². The number of nitrogens with one attached hydrogen (secondary N) is 1. The van der Waals surface area contributed by atoms with Gasteiger partial charge in [0.15, 0.2) is 0 Å². The third-order valence-corrected chi connectivity index (χ3v) is 5.03. The van der Waals surface area contributed by atoms with Crippen molar-refractivity contribution in [2.75, 3.05) is 40.3 Å². The standard InChI is InChI=1S/C17H33N3O2/c1-14(6-7-16-5-4-12-22-16)18-17(21)20(3)13-15-8-10-19(2)11-9-15/h14-16H,4-13H2,1-3H3,(H,18,21)/t14-,16+/m1/s1. The van der Waals surface area contributed by atoms with Crippen LogP contribution in [-0.2, 0) is 4.74 Å². The zero-order valence-corrected chi connectivity index (χ0v) is 14.5. The molecule has 22 heavy (non-hydrogen) atoms. The van der Waals surface area contributed by atoms with Gasteiger partial charge in [-0.05, 0) is 71.5 Å². The third-order valence-electron chi connectivity index (χ3n) is 5.03. The van der Waals surface area contributed by atoms with Crippen LogP contribution in [0.1, 0.15) is 45.4 Å². The van der Waals surface area contributed by atoms with Gasteiger partial charge in [-0.25, -0.2) is 4.79 Å². The van der Waals surface area contributed by atoms with Gasteiger partial charge in [-0.1, -0.05) is 0 Å². The lowest BCUT2D eigenvalue weighted by Gasteiger charge is -2.32. The van der Waals surface area contributed by atoms with Gasteiger partial charge in [0.25, 0.3) is 0 Å². The topological polar surface area (TPSA) is 44.8 Å². The minimum absolute atomic E-state index is 0.0683. The van der Waals surface area contributed by atoms with Crippen LogP contribution >= 0.6 is 0 Å². The molecule has 2 saturated heterocycles. The molecular formula is C17H33N3O2. The van der Waals surface area contributed by atoms with E-state index in [1.165, 1.54) is 25.7 Å². The maximum absolute atomic E-state index is 12.3. The molecule has 0 radical (unpaired) electrons. The van der Waals surface area contributed by atoms with E-state index in [9.17, 15) is 4.79 Å². The molecule has 0 spiro atoms. The van der Waals surface area contributed by atoms with Gasteiger partial charge >= 0.3 is 6.03 Å². The zero-order valence-electron chi connectivity index (χ0n) is 14.5. The highest BCUT2D eigenvalue weighted by molar-refractivity contribution is 5.74. The molecule has 0 aliphatic carbocycles. The average molecular weight is 311 g/mol. The summed E-state index contributed by atoms with van der Waals surface area (Å²) in [5.74, 6) is 0.647. The van der Waals surface area contributed by atoms with Crippen molar-refractivity contribution >= 4 is 6.03 Å². The molecule has 0 unspecified atom stereocenters. The Balaban J connectivity index is 1.62. The van der Waals surface area contributed by atoms with E-state index in [1.807, 2.05) is 11.9 Å². The quantitative estimate of drug-likeness (QED) is 0.819. The smallest absolute Gasteiger partial charge is 0.317 e. The van der Waals surface area contributed by atoms with Crippen LogP contribution in [0, 0.1) is 5.92 Å². The summed E-state index contributed by atoms with van der Waals surface area (Å²) in [4.78, 5) is 16.5. The molecule has 2 atom stereocenters. The van der Waals surface area contributed by atoms with Gasteiger partial charge in [0.2, 0.25) is 0 Å². The van der Waals surface area contributed by atoms with Gasteiger partial charge in [0.05, 0.1) is 6.10 Å². The average Bonchev–Trinajstić information content (AvgIpc) is 3.01. The van der Waals surface area contributed by atoms with E-state index in [2.05, 4.69) is 24.2 Å². The van der Waals surface area contributed by atoms with Crippen molar-refractivity contribution in [2.45, 2.75) is 57.6 Å². The number of carbonyl (C=O) groups excluding carboxylic acids is 1. The Hall–Kier alpha value is -0.810. The van der Waals surface area contributed by atoms with Gasteiger partial charge in [0, 0.05) is 26.2 Å². The molecule has 5 nitrogen and oxygen atoms in total. The van der Waals surface area contributed by atoms with E-state index < -0.39 is 0 Å². The summed E-state index contributed by atoms with van der Waals surface area (Å²) >= 11 is 0. The molecule has 1 N–H and O–H groups in total. The third kappa shape index (κ3) is 5.76. The predicted molar refractivity (Wildman–Crippen MR) is 89.1 cm³/mol. The Morgan fingerprint density at radius 1 is 1.36 bits per heavy atom. The lowest BCUT2D eigenvalue weighted by Crippen LogP contribution is -2.45. The largest absolute Gasteiger partial charge is 0.378 e. The number of rotatable bonds is 6. The van der Waals surface area contributed by atoms with Crippen LogP contribution in [0.15, 0.2) is 0 Å². The van der Waals surface area contributed by atoms with E-state index in [-0.39, 0.29) is 12.1 Å². The van der Waals surface area contributed by atoms with Crippen molar-refractivity contribution in [1.82, 2.24) is 15.1 Å². The summed E-state index contributed by atoms with van der Waals surface area (Å²) < 4.78 is 5.64. The molecule has 2 amide bonds. The van der Waals surface area contributed by atoms with Gasteiger partial charge in [-0.15, -0.1) is 0 Å². The molecule has 2 heterocycles. The first-order valence-corrected chi connectivity index (χ1v) is 8.86. The normalized spacial score (nSPS) is 25.1. The second-order valence-electron chi connectivity index (χ2n) is 7.19. The lowest BCUT2D eigenvalue weighted by atomic mass is 9.97. The van der Waals surface area contributed by atoms with Crippen molar-refractivity contribution in [3.8, 4) is 0 Å². The Bertz CT molecular complexity index is 337. The first kappa shape index (κ1) is 17.5. The van der Waals surface area contributed by atoms with Crippen molar-refractivity contribution in [3.63, 3.8) is 0 Å². The first-order chi connectivity index (χ1) is 10.5. The number of piperidine rings is 1. The van der Waals surface area contributed by atoms with Crippen LogP contribution < -0.4 is 5.32 Å². The number of hydrogen-bond donors (Lipinski definition) is 1. The Kier molecular flexibility index (Phi) is 6.96. The molecule has 2 aliphatic heterocycles. The summed E-state index contributed by atoms with van der Waals surface area (Å²) in [7, 11) is 4.09. The summed E-state index contributed by atoms with van der Waals surface area (Å²) in [6.07, 6.45) is 7.22. The highest BCUT2D eigenvalue weighted by Crippen LogP contribution is 2.18. The molecule has 0 aromatic carbocycles. The molecule has 2 fully saturated rings. The van der Waals surface area contributed by atoms with Crippen LogP contribution in [-0.4, -0.2) is 68.3 Å². The second-order valence-corrected chi connectivity index (χ2v) is 7.19. The van der Waals surface area contributed by atoms with Crippen LogP contribution in [0.2, 0.25) is 0 Å². The number of ether oxygens (including phenoxy) is 1. The maximum Gasteiger partial charge on any atom is 0.317 e. The number of carbonyl (C=O) groups is 1. The molecule has 2 rings (SSSR count). The van der Waals surface area contributed by atoms with Crippen LogP contribution in [0.4, 0.5) is 4.79 Å². The molecular weight excluding hydrogens is 278 g/mol. The molecule has 2 aliphatic rings. The van der Waals surface area contributed by atoms with Crippen LogP contribution in [0.5, 0.6) is 0 Å². The molecule has 0 aromatic rings. The fraction of sp³-hybridized carbons (Fsp3) is 0.941. The first-order valence-electron chi connectivity index (χ1n) is 8.86. The molecule has 0 aromatic heterocycles. The van der Waals surface area contributed by atoms with Crippen LogP contribution in [0.25, 0.3) is 0 Å². The second kappa shape index (κ2) is 8.73. The lowest BCUT2D eigenvalue weighted by molar-refractivity contribution is 0.0999. The highest BCUT2D eigenvalue weighted by Gasteiger charge is 2.21. The predicted octanol–water partition coefficient (Wildman–Crippen LogP) is 2.32. The van der Waals surface area contributed by atoms with E-state index in [1.54, 1.807) is 0 Å². The number of nitrogens with zero attached hydrogens (tertiary/aromatic N) is 2. The van der Waals surface area contributed by atoms with E-state index >= 15 is 0 Å². The molecule has 0 bridgehead atoms. The summed E-state index contributed by atoms with van der Waals surface area (Å²) in [6, 6.07) is 0.287. The minimum Gasteiger partial charge on any atom is -0.378 e. The zero-order chi connectivity index (χ0) is 15.9. The van der Waals surface area contributed by atoms with Crippen molar-refractivity contribution in [1.29, 1.82) is 0 Å². The Morgan fingerprint density at radius 3 is 2.73 bits per heavy atom. The van der Waals surface area contributed by atoms with E-state index in [0.717, 1.165) is 39.1 Å². The SMILES string of the molecule is C[C@H](CC[C@@H]1CCCO1)NC(=O)N(C)CC1CCN(C)CC1. The summed E-state index contributed by atoms with van der Waals surface area (Å²) in [5, 5.41) is 3.12. The summed E-state index contributed by atoms with van der Waals surface area (Å²) in [5.41, 5.74) is 0. The molecule has 5 heteroatoms. The van der Waals surface area contributed by atoms with Crippen LogP contribution in [0.3, 0.4) is 0 Å². The molecule has 0 saturated carbocycles. The Morgan fingerprint density at radius 2 is 2.09 bits per heavy atom. The van der Waals surface area contributed by atoms with Crippen molar-refractivity contribution in [3.05, 3.63) is 0 Å². The number of urea groups is 1. The summed E-state index contributed by atoms with van der Waals surface area (Å²) in [6.45, 7) is 6.18. The highest BCUT2D eigenvalue weighted by atomic mass is 16.5. The van der Waals surface area contributed by atoms with Crippen molar-refractivity contribution < 1.29 is 9.53 Å². The number of amides is 2. The van der Waals surface area contributed by atoms with Gasteiger partial charge in [-0.2, -0.15) is 0 Å². The van der Waals surface area contributed by atoms with Gasteiger partial charge in [0.1, 0.15) is 0 Å². The van der Waals surface area contributed by atoms with Gasteiger partial charge in [-0.3, -0.25) is 0 Å². The fourth-order valence-corrected chi connectivity index (χ4v) is 3.42. The number of likely N-dealkylation sites (tertiary alicyclic amines) is 1. The minimum atomic E-state index is 0.0683. The van der Waals surface area contributed by atoms with Crippen molar-refractivity contribution in [2.24, 2.45) is 5.92 Å². The number of hydrogen-bond acceptors (Lipinski definition) is 3. The Labute approximate surface area is 135 Å².